The summed E-state index contributed by atoms with van der Waals surface area (Å²) in [5.74, 6) is -0.0421. The van der Waals surface area contributed by atoms with Crippen molar-refractivity contribution in [2.24, 2.45) is 4.99 Å². The SMILES string of the molecule is Fc1cc(C2=CC=NCC2)ccc1OCc1ccccc1. The van der Waals surface area contributed by atoms with Gasteiger partial charge in [0.25, 0.3) is 0 Å². The molecule has 2 nitrogen and oxygen atoms in total. The summed E-state index contributed by atoms with van der Waals surface area (Å²) in [4.78, 5) is 4.14. The number of dihydropyridines is 1. The molecule has 2 aromatic carbocycles. The second-order valence-corrected chi connectivity index (χ2v) is 4.92. The Labute approximate surface area is 123 Å². The quantitative estimate of drug-likeness (QED) is 0.820. The minimum absolute atomic E-state index is 0.285. The van der Waals surface area contributed by atoms with Gasteiger partial charge in [-0.05, 0) is 41.3 Å². The summed E-state index contributed by atoms with van der Waals surface area (Å²) in [5, 5.41) is 0. The second kappa shape index (κ2) is 6.35. The Bertz CT molecular complexity index is 677. The van der Waals surface area contributed by atoms with E-state index < -0.39 is 0 Å². The van der Waals surface area contributed by atoms with Gasteiger partial charge in [0.1, 0.15) is 6.61 Å². The average Bonchev–Trinajstić information content (AvgIpc) is 2.55. The minimum atomic E-state index is -0.327. The van der Waals surface area contributed by atoms with Crippen molar-refractivity contribution < 1.29 is 9.13 Å². The molecule has 0 N–H and O–H groups in total. The number of hydrogen-bond acceptors (Lipinski definition) is 2. The maximum atomic E-state index is 14.1. The van der Waals surface area contributed by atoms with Crippen LogP contribution in [0.2, 0.25) is 0 Å². The molecule has 3 rings (SSSR count). The maximum Gasteiger partial charge on any atom is 0.165 e. The summed E-state index contributed by atoms with van der Waals surface area (Å²) in [6.07, 6.45) is 4.56. The summed E-state index contributed by atoms with van der Waals surface area (Å²) in [6, 6.07) is 14.9. The molecule has 21 heavy (non-hydrogen) atoms. The molecule has 0 aliphatic carbocycles. The fraction of sp³-hybridized carbons (Fsp3) is 0.167. The van der Waals surface area contributed by atoms with Gasteiger partial charge in [0.05, 0.1) is 0 Å². The van der Waals surface area contributed by atoms with Gasteiger partial charge < -0.3 is 4.74 Å². The first kappa shape index (κ1) is 13.6. The largest absolute Gasteiger partial charge is 0.486 e. The number of ether oxygens (including phenoxy) is 1. The molecule has 0 saturated heterocycles. The zero-order valence-corrected chi connectivity index (χ0v) is 11.6. The third kappa shape index (κ3) is 3.37. The zero-order valence-electron chi connectivity index (χ0n) is 11.6. The molecule has 1 aliphatic rings. The monoisotopic (exact) mass is 281 g/mol. The van der Waals surface area contributed by atoms with Crippen molar-refractivity contribution in [3.05, 3.63) is 71.6 Å². The Morgan fingerprint density at radius 1 is 1.10 bits per heavy atom. The average molecular weight is 281 g/mol. The first-order valence-corrected chi connectivity index (χ1v) is 6.98. The lowest BCUT2D eigenvalue weighted by molar-refractivity contribution is 0.290. The molecule has 1 aliphatic heterocycles. The van der Waals surface area contributed by atoms with E-state index in [-0.39, 0.29) is 11.6 Å². The lowest BCUT2D eigenvalue weighted by Gasteiger charge is -2.12. The molecule has 0 spiro atoms. The van der Waals surface area contributed by atoms with Crippen molar-refractivity contribution in [1.82, 2.24) is 0 Å². The second-order valence-electron chi connectivity index (χ2n) is 4.92. The van der Waals surface area contributed by atoms with Crippen molar-refractivity contribution in [3.63, 3.8) is 0 Å². The zero-order chi connectivity index (χ0) is 14.5. The van der Waals surface area contributed by atoms with Gasteiger partial charge in [0.15, 0.2) is 11.6 Å². The lowest BCUT2D eigenvalue weighted by Crippen LogP contribution is -1.99. The molecular formula is C18H16FNO. The number of hydrogen-bond donors (Lipinski definition) is 0. The van der Waals surface area contributed by atoms with Crippen LogP contribution in [-0.4, -0.2) is 12.8 Å². The standard InChI is InChI=1S/C18H16FNO/c19-17-12-16(15-8-10-20-11-9-15)6-7-18(17)21-13-14-4-2-1-3-5-14/h1-8,10,12H,9,11,13H2. The van der Waals surface area contributed by atoms with E-state index in [0.717, 1.165) is 29.7 Å². The molecule has 0 fully saturated rings. The maximum absolute atomic E-state index is 14.1. The predicted molar refractivity (Wildman–Crippen MR) is 83.1 cm³/mol. The first-order chi connectivity index (χ1) is 10.3. The molecule has 0 saturated carbocycles. The molecule has 1 heterocycles. The van der Waals surface area contributed by atoms with Crippen LogP contribution in [0, 0.1) is 5.82 Å². The van der Waals surface area contributed by atoms with E-state index in [4.69, 9.17) is 4.74 Å². The number of benzene rings is 2. The van der Waals surface area contributed by atoms with E-state index in [1.807, 2.05) is 42.5 Å². The summed E-state index contributed by atoms with van der Waals surface area (Å²) in [7, 11) is 0. The van der Waals surface area contributed by atoms with Gasteiger partial charge >= 0.3 is 0 Å². The smallest absolute Gasteiger partial charge is 0.165 e. The van der Waals surface area contributed by atoms with Crippen LogP contribution in [0.1, 0.15) is 17.5 Å². The topological polar surface area (TPSA) is 21.6 Å². The van der Waals surface area contributed by atoms with Gasteiger partial charge in [-0.15, -0.1) is 0 Å². The highest BCUT2D eigenvalue weighted by atomic mass is 19.1. The Hall–Kier alpha value is -2.42. The van der Waals surface area contributed by atoms with Crippen molar-refractivity contribution >= 4 is 11.8 Å². The number of allylic oxidation sites excluding steroid dienone is 1. The van der Waals surface area contributed by atoms with E-state index in [2.05, 4.69) is 4.99 Å². The van der Waals surface area contributed by atoms with Gasteiger partial charge in [-0.2, -0.15) is 0 Å². The molecule has 0 atom stereocenters. The van der Waals surface area contributed by atoms with Crippen molar-refractivity contribution in [1.29, 1.82) is 0 Å². The molecule has 0 amide bonds. The fourth-order valence-corrected chi connectivity index (χ4v) is 2.28. The molecule has 3 heteroatoms. The third-order valence-electron chi connectivity index (χ3n) is 3.43. The highest BCUT2D eigenvalue weighted by Crippen LogP contribution is 2.26. The van der Waals surface area contributed by atoms with Crippen LogP contribution >= 0.6 is 0 Å². The number of nitrogens with zero attached hydrogens (tertiary/aromatic N) is 1. The molecule has 0 radical (unpaired) electrons. The van der Waals surface area contributed by atoms with Gasteiger partial charge in [-0.1, -0.05) is 36.4 Å². The van der Waals surface area contributed by atoms with Crippen LogP contribution in [0.15, 0.2) is 59.6 Å². The van der Waals surface area contributed by atoms with Gasteiger partial charge in [0, 0.05) is 12.8 Å². The Balaban J connectivity index is 1.72. The van der Waals surface area contributed by atoms with Gasteiger partial charge in [-0.25, -0.2) is 4.39 Å². The van der Waals surface area contributed by atoms with Crippen molar-refractivity contribution in [2.75, 3.05) is 6.54 Å². The van der Waals surface area contributed by atoms with E-state index >= 15 is 0 Å². The van der Waals surface area contributed by atoms with E-state index in [1.165, 1.54) is 6.07 Å². The number of aliphatic imine (C=N–C) groups is 1. The summed E-state index contributed by atoms with van der Waals surface area (Å²) >= 11 is 0. The highest BCUT2D eigenvalue weighted by molar-refractivity contribution is 5.86. The molecule has 0 aromatic heterocycles. The van der Waals surface area contributed by atoms with Crippen LogP contribution in [-0.2, 0) is 6.61 Å². The minimum Gasteiger partial charge on any atom is -0.486 e. The van der Waals surface area contributed by atoms with Crippen LogP contribution in [0.3, 0.4) is 0 Å². The Morgan fingerprint density at radius 3 is 2.67 bits per heavy atom. The number of rotatable bonds is 4. The van der Waals surface area contributed by atoms with Crippen LogP contribution in [0.4, 0.5) is 4.39 Å². The summed E-state index contributed by atoms with van der Waals surface area (Å²) in [6.45, 7) is 1.13. The van der Waals surface area contributed by atoms with E-state index in [1.54, 1.807) is 12.3 Å². The molecule has 0 unspecified atom stereocenters. The van der Waals surface area contributed by atoms with Crippen LogP contribution in [0.5, 0.6) is 5.75 Å². The van der Waals surface area contributed by atoms with Gasteiger partial charge in [-0.3, -0.25) is 4.99 Å². The highest BCUT2D eigenvalue weighted by Gasteiger charge is 2.09. The first-order valence-electron chi connectivity index (χ1n) is 6.98. The van der Waals surface area contributed by atoms with Gasteiger partial charge in [0.2, 0.25) is 0 Å². The molecular weight excluding hydrogens is 265 g/mol. The Morgan fingerprint density at radius 2 is 1.95 bits per heavy atom. The van der Waals surface area contributed by atoms with Crippen LogP contribution < -0.4 is 4.74 Å². The van der Waals surface area contributed by atoms with Crippen LogP contribution in [0.25, 0.3) is 5.57 Å². The fourth-order valence-electron chi connectivity index (χ4n) is 2.28. The number of halogens is 1. The summed E-state index contributed by atoms with van der Waals surface area (Å²) < 4.78 is 19.7. The molecule has 2 aromatic rings. The van der Waals surface area contributed by atoms with Crippen molar-refractivity contribution in [3.8, 4) is 5.75 Å². The summed E-state index contributed by atoms with van der Waals surface area (Å²) in [5.41, 5.74) is 3.02. The third-order valence-corrected chi connectivity index (χ3v) is 3.43. The molecule has 106 valence electrons. The molecule has 0 bridgehead atoms. The van der Waals surface area contributed by atoms with Crippen molar-refractivity contribution in [2.45, 2.75) is 13.0 Å². The van der Waals surface area contributed by atoms with E-state index in [0.29, 0.717) is 6.61 Å². The Kier molecular flexibility index (Phi) is 4.10. The normalized spacial score (nSPS) is 13.9. The predicted octanol–water partition coefficient (Wildman–Crippen LogP) is 4.26. The lowest BCUT2D eigenvalue weighted by atomic mass is 10.0. The van der Waals surface area contributed by atoms with E-state index in [9.17, 15) is 4.39 Å².